The van der Waals surface area contributed by atoms with Crippen LogP contribution in [0, 0.1) is 10.8 Å². The molecule has 0 aromatic carbocycles. The van der Waals surface area contributed by atoms with Gasteiger partial charge in [0.2, 0.25) is 0 Å². The lowest BCUT2D eigenvalue weighted by Gasteiger charge is -2.35. The van der Waals surface area contributed by atoms with E-state index in [1.807, 2.05) is 20.8 Å². The lowest BCUT2D eigenvalue weighted by molar-refractivity contribution is -0.168. The van der Waals surface area contributed by atoms with Crippen molar-refractivity contribution in [2.24, 2.45) is 10.8 Å². The van der Waals surface area contributed by atoms with E-state index < -0.39 is 16.4 Å². The van der Waals surface area contributed by atoms with E-state index >= 15 is 0 Å². The summed E-state index contributed by atoms with van der Waals surface area (Å²) < 4.78 is 5.44. The van der Waals surface area contributed by atoms with Gasteiger partial charge < -0.3 is 10.1 Å². The van der Waals surface area contributed by atoms with Gasteiger partial charge in [-0.25, -0.2) is 0 Å². The topological polar surface area (TPSA) is 55.4 Å². The van der Waals surface area contributed by atoms with Crippen LogP contribution in [0.25, 0.3) is 0 Å². The average molecular weight is 237 g/mol. The highest BCUT2D eigenvalue weighted by Gasteiger charge is 2.75. The van der Waals surface area contributed by atoms with Crippen LogP contribution < -0.4 is 5.32 Å². The molecular weight excluding hydrogens is 218 g/mol. The minimum absolute atomic E-state index is 0.197. The SMILES string of the molecule is C=CCNC(=O)C12CCC(C)(C(=O)O1)C2(C)C. The molecule has 1 aliphatic carbocycles. The number of ether oxygens (including phenoxy) is 1. The zero-order valence-electron chi connectivity index (χ0n) is 10.6. The van der Waals surface area contributed by atoms with Crippen molar-refractivity contribution in [2.45, 2.75) is 39.2 Å². The zero-order chi connectivity index (χ0) is 12.9. The molecule has 2 unspecified atom stereocenters. The Bertz CT molecular complexity index is 401. The summed E-state index contributed by atoms with van der Waals surface area (Å²) in [7, 11) is 0. The first-order valence-corrected chi connectivity index (χ1v) is 5.94. The number of hydrogen-bond acceptors (Lipinski definition) is 3. The number of carbonyl (C=O) groups excluding carboxylic acids is 2. The van der Waals surface area contributed by atoms with E-state index in [2.05, 4.69) is 11.9 Å². The minimum atomic E-state index is -0.998. The summed E-state index contributed by atoms with van der Waals surface area (Å²) in [5.74, 6) is -0.445. The van der Waals surface area contributed by atoms with Crippen molar-refractivity contribution in [3.63, 3.8) is 0 Å². The summed E-state index contributed by atoms with van der Waals surface area (Å²) in [6, 6.07) is 0. The molecular formula is C13H19NO3. The third-order valence-electron chi connectivity index (χ3n) is 4.86. The van der Waals surface area contributed by atoms with E-state index in [9.17, 15) is 9.59 Å². The maximum atomic E-state index is 12.3. The summed E-state index contributed by atoms with van der Waals surface area (Å²) in [6.45, 7) is 9.73. The highest BCUT2D eigenvalue weighted by molar-refractivity contribution is 5.96. The summed E-state index contributed by atoms with van der Waals surface area (Å²) in [5, 5.41) is 2.75. The van der Waals surface area contributed by atoms with E-state index in [1.54, 1.807) is 6.08 Å². The standard InChI is InChI=1S/C13H19NO3/c1-5-8-14-9(15)13-7-6-12(4,10(16)17-13)11(13,2)3/h5H,1,6-8H2,2-4H3,(H,14,15). The molecule has 2 rings (SSSR count). The normalized spacial score (nSPS) is 37.7. The third kappa shape index (κ3) is 1.18. The van der Waals surface area contributed by atoms with Crippen LogP contribution in [0.2, 0.25) is 0 Å². The molecule has 2 aliphatic rings. The molecule has 1 aliphatic heterocycles. The molecule has 1 heterocycles. The summed E-state index contributed by atoms with van der Waals surface area (Å²) in [4.78, 5) is 24.2. The molecule has 0 spiro atoms. The first-order valence-electron chi connectivity index (χ1n) is 5.94. The van der Waals surface area contributed by atoms with Gasteiger partial charge in [0.25, 0.3) is 5.91 Å². The van der Waals surface area contributed by atoms with Gasteiger partial charge in [-0.05, 0) is 19.8 Å². The second kappa shape index (κ2) is 3.34. The quantitative estimate of drug-likeness (QED) is 0.596. The Morgan fingerprint density at radius 1 is 1.47 bits per heavy atom. The predicted octanol–water partition coefficient (Wildman–Crippen LogP) is 1.41. The fraction of sp³-hybridized carbons (Fsp3) is 0.692. The maximum Gasteiger partial charge on any atom is 0.313 e. The molecule has 4 nitrogen and oxygen atoms in total. The molecule has 0 aromatic rings. The first kappa shape index (κ1) is 12.1. The fourth-order valence-corrected chi connectivity index (χ4v) is 3.05. The fourth-order valence-electron chi connectivity index (χ4n) is 3.05. The van der Waals surface area contributed by atoms with Gasteiger partial charge in [-0.3, -0.25) is 9.59 Å². The lowest BCUT2D eigenvalue weighted by Crippen LogP contribution is -2.53. The molecule has 17 heavy (non-hydrogen) atoms. The smallest absolute Gasteiger partial charge is 0.313 e. The van der Waals surface area contributed by atoms with Crippen LogP contribution in [0.15, 0.2) is 12.7 Å². The molecule has 4 heteroatoms. The molecule has 1 N–H and O–H groups in total. The highest BCUT2D eigenvalue weighted by Crippen LogP contribution is 2.65. The Morgan fingerprint density at radius 3 is 2.53 bits per heavy atom. The van der Waals surface area contributed by atoms with Crippen LogP contribution in [0.1, 0.15) is 33.6 Å². The Morgan fingerprint density at radius 2 is 2.12 bits per heavy atom. The van der Waals surface area contributed by atoms with Crippen molar-refractivity contribution in [1.82, 2.24) is 5.32 Å². The van der Waals surface area contributed by atoms with Crippen molar-refractivity contribution < 1.29 is 14.3 Å². The summed E-state index contributed by atoms with van der Waals surface area (Å²) >= 11 is 0. The van der Waals surface area contributed by atoms with Crippen molar-refractivity contribution in [2.75, 3.05) is 6.54 Å². The molecule has 1 saturated carbocycles. The van der Waals surface area contributed by atoms with Gasteiger partial charge in [-0.1, -0.05) is 19.9 Å². The van der Waals surface area contributed by atoms with Crippen LogP contribution in [0.5, 0.6) is 0 Å². The molecule has 94 valence electrons. The third-order valence-corrected chi connectivity index (χ3v) is 4.86. The van der Waals surface area contributed by atoms with E-state index in [0.29, 0.717) is 19.4 Å². The highest BCUT2D eigenvalue weighted by atomic mass is 16.6. The largest absolute Gasteiger partial charge is 0.448 e. The minimum Gasteiger partial charge on any atom is -0.448 e. The van der Waals surface area contributed by atoms with Gasteiger partial charge >= 0.3 is 5.97 Å². The molecule has 2 fully saturated rings. The van der Waals surface area contributed by atoms with Crippen molar-refractivity contribution in [1.29, 1.82) is 0 Å². The molecule has 0 radical (unpaired) electrons. The second-order valence-corrected chi connectivity index (χ2v) is 5.67. The number of esters is 1. The Hall–Kier alpha value is -1.32. The van der Waals surface area contributed by atoms with Crippen LogP contribution in [-0.2, 0) is 14.3 Å². The van der Waals surface area contributed by atoms with Crippen LogP contribution in [0.4, 0.5) is 0 Å². The summed E-state index contributed by atoms with van der Waals surface area (Å²) in [5.41, 5.74) is -2.01. The van der Waals surface area contributed by atoms with Crippen LogP contribution in [0.3, 0.4) is 0 Å². The van der Waals surface area contributed by atoms with Crippen molar-refractivity contribution in [3.8, 4) is 0 Å². The maximum absolute atomic E-state index is 12.3. The van der Waals surface area contributed by atoms with Gasteiger partial charge in [-0.2, -0.15) is 0 Å². The number of hydrogen-bond donors (Lipinski definition) is 1. The molecule has 1 amide bonds. The molecule has 1 saturated heterocycles. The number of carbonyl (C=O) groups is 2. The van der Waals surface area contributed by atoms with E-state index in [1.165, 1.54) is 0 Å². The van der Waals surface area contributed by atoms with E-state index in [-0.39, 0.29) is 11.9 Å². The van der Waals surface area contributed by atoms with Gasteiger partial charge in [0.1, 0.15) is 0 Å². The Balaban J connectivity index is 2.36. The number of nitrogens with one attached hydrogen (secondary N) is 1. The predicted molar refractivity (Wildman–Crippen MR) is 63.2 cm³/mol. The second-order valence-electron chi connectivity index (χ2n) is 5.67. The molecule has 2 bridgehead atoms. The van der Waals surface area contributed by atoms with Gasteiger partial charge in [-0.15, -0.1) is 6.58 Å². The number of fused-ring (bicyclic) bond motifs is 2. The lowest BCUT2D eigenvalue weighted by atomic mass is 9.66. The number of rotatable bonds is 3. The van der Waals surface area contributed by atoms with Gasteiger partial charge in [0.15, 0.2) is 5.60 Å². The monoisotopic (exact) mass is 237 g/mol. The van der Waals surface area contributed by atoms with E-state index in [0.717, 1.165) is 0 Å². The molecule has 2 atom stereocenters. The zero-order valence-corrected chi connectivity index (χ0v) is 10.6. The Kier molecular flexibility index (Phi) is 2.39. The van der Waals surface area contributed by atoms with Crippen molar-refractivity contribution >= 4 is 11.9 Å². The molecule has 0 aromatic heterocycles. The van der Waals surface area contributed by atoms with Crippen LogP contribution in [-0.4, -0.2) is 24.0 Å². The first-order chi connectivity index (χ1) is 7.82. The van der Waals surface area contributed by atoms with Gasteiger partial charge in [0.05, 0.1) is 5.41 Å². The number of amides is 1. The van der Waals surface area contributed by atoms with Crippen LogP contribution >= 0.6 is 0 Å². The average Bonchev–Trinajstić information content (AvgIpc) is 2.56. The van der Waals surface area contributed by atoms with Gasteiger partial charge in [0, 0.05) is 12.0 Å². The van der Waals surface area contributed by atoms with E-state index in [4.69, 9.17) is 4.74 Å². The summed E-state index contributed by atoms with van der Waals surface area (Å²) in [6.07, 6.45) is 2.93. The van der Waals surface area contributed by atoms with Crippen molar-refractivity contribution in [3.05, 3.63) is 12.7 Å². The Labute approximate surface area is 101 Å².